The SMILES string of the molecule is O=C(NCc1cccc(Cl)c1)c1ccc2c(c1)CCN(C1=CC=C1)CC2. The van der Waals surface area contributed by atoms with Crippen LogP contribution in [0.1, 0.15) is 27.0 Å². The summed E-state index contributed by atoms with van der Waals surface area (Å²) >= 11 is 6.00. The van der Waals surface area contributed by atoms with Gasteiger partial charge in [0.25, 0.3) is 5.91 Å². The van der Waals surface area contributed by atoms with E-state index in [1.165, 1.54) is 16.8 Å². The van der Waals surface area contributed by atoms with Crippen molar-refractivity contribution >= 4 is 17.5 Å². The minimum absolute atomic E-state index is 0.0430. The normalized spacial score (nSPS) is 15.6. The quantitative estimate of drug-likeness (QED) is 0.884. The number of carbonyl (C=O) groups excluding carboxylic acids is 1. The van der Waals surface area contributed by atoms with Crippen LogP contribution in [0, 0.1) is 0 Å². The van der Waals surface area contributed by atoms with Gasteiger partial charge in [0.2, 0.25) is 0 Å². The lowest BCUT2D eigenvalue weighted by Crippen LogP contribution is -2.26. The third-order valence-corrected chi connectivity index (χ3v) is 5.25. The molecule has 4 heteroatoms. The molecule has 0 atom stereocenters. The number of fused-ring (bicyclic) bond motifs is 1. The van der Waals surface area contributed by atoms with E-state index in [1.54, 1.807) is 0 Å². The maximum absolute atomic E-state index is 12.5. The summed E-state index contributed by atoms with van der Waals surface area (Å²) in [5.41, 5.74) is 5.67. The van der Waals surface area contributed by atoms with Crippen LogP contribution in [-0.2, 0) is 19.4 Å². The molecule has 0 saturated heterocycles. The highest BCUT2D eigenvalue weighted by Gasteiger charge is 2.17. The third-order valence-electron chi connectivity index (χ3n) is 5.01. The number of allylic oxidation sites excluding steroid dienone is 3. The Kier molecular flexibility index (Phi) is 4.81. The smallest absolute Gasteiger partial charge is 0.251 e. The number of hydrogen-bond acceptors (Lipinski definition) is 2. The second-order valence-electron chi connectivity index (χ2n) is 6.73. The average Bonchev–Trinajstić information content (AvgIpc) is 2.81. The molecule has 132 valence electrons. The third kappa shape index (κ3) is 3.68. The lowest BCUT2D eigenvalue weighted by Gasteiger charge is -2.26. The van der Waals surface area contributed by atoms with Crippen LogP contribution in [0.5, 0.6) is 0 Å². The molecule has 1 aliphatic carbocycles. The fourth-order valence-electron chi connectivity index (χ4n) is 3.45. The van der Waals surface area contributed by atoms with E-state index in [9.17, 15) is 4.79 Å². The topological polar surface area (TPSA) is 32.3 Å². The average molecular weight is 365 g/mol. The van der Waals surface area contributed by atoms with Crippen molar-refractivity contribution in [3.63, 3.8) is 0 Å². The molecule has 4 rings (SSSR count). The van der Waals surface area contributed by atoms with E-state index in [4.69, 9.17) is 11.6 Å². The molecule has 2 aromatic carbocycles. The van der Waals surface area contributed by atoms with Crippen LogP contribution in [0.25, 0.3) is 0 Å². The van der Waals surface area contributed by atoms with Crippen molar-refractivity contribution in [3.8, 4) is 0 Å². The van der Waals surface area contributed by atoms with Gasteiger partial charge in [-0.2, -0.15) is 0 Å². The Hall–Kier alpha value is -2.52. The summed E-state index contributed by atoms with van der Waals surface area (Å²) in [7, 11) is 0. The number of carbonyl (C=O) groups is 1. The molecule has 1 aliphatic heterocycles. The maximum Gasteiger partial charge on any atom is 0.251 e. The monoisotopic (exact) mass is 364 g/mol. The van der Waals surface area contributed by atoms with Gasteiger partial charge in [-0.3, -0.25) is 4.79 Å². The minimum Gasteiger partial charge on any atom is -0.371 e. The summed E-state index contributed by atoms with van der Waals surface area (Å²) in [4.78, 5) is 14.9. The van der Waals surface area contributed by atoms with E-state index >= 15 is 0 Å². The van der Waals surface area contributed by atoms with Gasteiger partial charge in [-0.05, 0) is 65.9 Å². The van der Waals surface area contributed by atoms with Crippen LogP contribution in [-0.4, -0.2) is 23.9 Å². The molecule has 0 radical (unpaired) electrons. The molecule has 2 aliphatic rings. The number of nitrogens with zero attached hydrogens (tertiary/aromatic N) is 1. The first kappa shape index (κ1) is 16.9. The first-order valence-electron chi connectivity index (χ1n) is 8.97. The summed E-state index contributed by atoms with van der Waals surface area (Å²) in [6.07, 6.45) is 8.38. The predicted octanol–water partition coefficient (Wildman–Crippen LogP) is 4.12. The Morgan fingerprint density at radius 1 is 1.08 bits per heavy atom. The van der Waals surface area contributed by atoms with Crippen LogP contribution in [0.2, 0.25) is 5.02 Å². The molecule has 3 nitrogen and oxygen atoms in total. The zero-order chi connectivity index (χ0) is 17.9. The highest BCUT2D eigenvalue weighted by molar-refractivity contribution is 6.30. The molecule has 1 amide bonds. The van der Waals surface area contributed by atoms with Gasteiger partial charge >= 0.3 is 0 Å². The minimum atomic E-state index is -0.0430. The number of rotatable bonds is 4. The van der Waals surface area contributed by atoms with E-state index in [0.717, 1.165) is 37.1 Å². The first-order chi connectivity index (χ1) is 12.7. The Morgan fingerprint density at radius 2 is 1.88 bits per heavy atom. The van der Waals surface area contributed by atoms with Crippen molar-refractivity contribution in [2.24, 2.45) is 0 Å². The zero-order valence-corrected chi connectivity index (χ0v) is 15.3. The van der Waals surface area contributed by atoms with Crippen molar-refractivity contribution < 1.29 is 4.79 Å². The summed E-state index contributed by atoms with van der Waals surface area (Å²) in [6, 6.07) is 13.7. The van der Waals surface area contributed by atoms with E-state index in [1.807, 2.05) is 30.3 Å². The van der Waals surface area contributed by atoms with Crippen LogP contribution >= 0.6 is 11.6 Å². The van der Waals surface area contributed by atoms with Gasteiger partial charge in [0.15, 0.2) is 0 Å². The van der Waals surface area contributed by atoms with Gasteiger partial charge in [0.05, 0.1) is 0 Å². The summed E-state index contributed by atoms with van der Waals surface area (Å²) in [5.74, 6) is -0.0430. The van der Waals surface area contributed by atoms with E-state index in [0.29, 0.717) is 11.6 Å². The second kappa shape index (κ2) is 7.38. The molecule has 0 spiro atoms. The van der Waals surface area contributed by atoms with Crippen molar-refractivity contribution in [2.75, 3.05) is 13.1 Å². The van der Waals surface area contributed by atoms with E-state index < -0.39 is 0 Å². The molecular weight excluding hydrogens is 344 g/mol. The van der Waals surface area contributed by atoms with E-state index in [-0.39, 0.29) is 5.91 Å². The highest BCUT2D eigenvalue weighted by Crippen LogP contribution is 2.22. The Morgan fingerprint density at radius 3 is 2.62 bits per heavy atom. The number of hydrogen-bond donors (Lipinski definition) is 1. The van der Waals surface area contributed by atoms with Crippen molar-refractivity contribution in [1.29, 1.82) is 0 Å². The lowest BCUT2D eigenvalue weighted by molar-refractivity contribution is 0.0951. The van der Waals surface area contributed by atoms with Crippen molar-refractivity contribution in [2.45, 2.75) is 19.4 Å². The van der Waals surface area contributed by atoms with Crippen molar-refractivity contribution in [1.82, 2.24) is 10.2 Å². The molecule has 0 aromatic heterocycles. The largest absolute Gasteiger partial charge is 0.371 e. The van der Waals surface area contributed by atoms with Crippen LogP contribution in [0.3, 0.4) is 0 Å². The first-order valence-corrected chi connectivity index (χ1v) is 9.34. The summed E-state index contributed by atoms with van der Waals surface area (Å²) in [6.45, 7) is 2.50. The van der Waals surface area contributed by atoms with Crippen molar-refractivity contribution in [3.05, 3.63) is 93.7 Å². The number of amides is 1. The van der Waals surface area contributed by atoms with Crippen LogP contribution in [0.4, 0.5) is 0 Å². The predicted molar refractivity (Wildman–Crippen MR) is 105 cm³/mol. The molecule has 26 heavy (non-hydrogen) atoms. The molecule has 1 heterocycles. The molecular formula is C22H21ClN2O. The lowest BCUT2D eigenvalue weighted by atomic mass is 10.00. The van der Waals surface area contributed by atoms with Gasteiger partial charge in [-0.15, -0.1) is 0 Å². The highest BCUT2D eigenvalue weighted by atomic mass is 35.5. The number of halogens is 1. The maximum atomic E-state index is 12.5. The Labute approximate surface area is 159 Å². The van der Waals surface area contributed by atoms with Crippen LogP contribution in [0.15, 0.2) is 66.4 Å². The zero-order valence-electron chi connectivity index (χ0n) is 14.5. The number of nitrogens with one attached hydrogen (secondary N) is 1. The molecule has 1 N–H and O–H groups in total. The summed E-state index contributed by atoms with van der Waals surface area (Å²) in [5, 5.41) is 3.67. The van der Waals surface area contributed by atoms with E-state index in [2.05, 4.69) is 40.6 Å². The fraction of sp³-hybridized carbons (Fsp3) is 0.227. The molecule has 0 saturated carbocycles. The van der Waals surface area contributed by atoms with Crippen LogP contribution < -0.4 is 5.32 Å². The molecule has 0 unspecified atom stereocenters. The van der Waals surface area contributed by atoms with Gasteiger partial charge in [0, 0.05) is 35.9 Å². The number of benzene rings is 2. The van der Waals surface area contributed by atoms with Gasteiger partial charge in [-0.1, -0.05) is 35.9 Å². The Bertz CT molecular complexity index is 901. The molecule has 0 bridgehead atoms. The van der Waals surface area contributed by atoms with Gasteiger partial charge in [-0.25, -0.2) is 0 Å². The summed E-state index contributed by atoms with van der Waals surface area (Å²) < 4.78 is 0. The van der Waals surface area contributed by atoms with Gasteiger partial charge in [0.1, 0.15) is 0 Å². The molecule has 2 aromatic rings. The standard InChI is InChI=1S/C22H21ClN2O/c23-20-4-1-3-16(13-20)15-24-22(26)19-8-7-17-9-11-25(21-5-2-6-21)12-10-18(17)14-19/h1-8,13-14H,9-12,15H2,(H,24,26). The van der Waals surface area contributed by atoms with Gasteiger partial charge < -0.3 is 10.2 Å². The Balaban J connectivity index is 1.42. The molecule has 0 fully saturated rings. The second-order valence-corrected chi connectivity index (χ2v) is 7.17. The fourth-order valence-corrected chi connectivity index (χ4v) is 3.66.